The SMILES string of the molecule is O=C(Oc1ccccc1)C12C3C=CC(C3)C1C1CC2CC1Br. The van der Waals surface area contributed by atoms with Crippen molar-refractivity contribution in [2.75, 3.05) is 0 Å². The second-order valence-electron chi connectivity index (χ2n) is 7.40. The van der Waals surface area contributed by atoms with Crippen LogP contribution in [0.1, 0.15) is 19.3 Å². The lowest BCUT2D eigenvalue weighted by molar-refractivity contribution is -0.154. The normalized spacial score (nSPS) is 47.0. The molecule has 0 aromatic heterocycles. The number of para-hydroxylation sites is 1. The number of esters is 1. The van der Waals surface area contributed by atoms with Crippen molar-refractivity contribution < 1.29 is 9.53 Å². The van der Waals surface area contributed by atoms with Crippen molar-refractivity contribution in [2.45, 2.75) is 24.1 Å². The summed E-state index contributed by atoms with van der Waals surface area (Å²) < 4.78 is 5.86. The van der Waals surface area contributed by atoms with Gasteiger partial charge in [0, 0.05) is 4.83 Å². The van der Waals surface area contributed by atoms with Crippen LogP contribution in [0.25, 0.3) is 0 Å². The Morgan fingerprint density at radius 2 is 1.95 bits per heavy atom. The van der Waals surface area contributed by atoms with Gasteiger partial charge in [-0.25, -0.2) is 0 Å². The van der Waals surface area contributed by atoms with Crippen LogP contribution in [-0.2, 0) is 4.79 Å². The van der Waals surface area contributed by atoms with E-state index in [9.17, 15) is 4.79 Å². The average molecular weight is 359 g/mol. The van der Waals surface area contributed by atoms with Crippen molar-refractivity contribution in [1.29, 1.82) is 0 Å². The van der Waals surface area contributed by atoms with Gasteiger partial charge in [-0.05, 0) is 61.0 Å². The number of carbonyl (C=O) groups is 1. The van der Waals surface area contributed by atoms with Crippen LogP contribution in [-0.4, -0.2) is 10.8 Å². The van der Waals surface area contributed by atoms with Gasteiger partial charge in [0.2, 0.25) is 0 Å². The highest BCUT2D eigenvalue weighted by molar-refractivity contribution is 9.09. The van der Waals surface area contributed by atoms with E-state index in [4.69, 9.17) is 4.74 Å². The van der Waals surface area contributed by atoms with Gasteiger partial charge in [0.25, 0.3) is 0 Å². The van der Waals surface area contributed by atoms with Crippen LogP contribution in [0.3, 0.4) is 0 Å². The first-order valence-electron chi connectivity index (χ1n) is 8.31. The number of fused-ring (bicyclic) bond motifs is 9. The molecule has 7 atom stereocenters. The molecule has 4 aliphatic rings. The first-order valence-corrected chi connectivity index (χ1v) is 9.22. The number of benzene rings is 1. The van der Waals surface area contributed by atoms with E-state index in [1.165, 1.54) is 6.42 Å². The molecule has 2 nitrogen and oxygen atoms in total. The fourth-order valence-corrected chi connectivity index (χ4v) is 7.11. The summed E-state index contributed by atoms with van der Waals surface area (Å²) in [5.41, 5.74) is -0.246. The molecule has 114 valence electrons. The molecule has 4 aliphatic carbocycles. The molecule has 0 N–H and O–H groups in total. The number of halogens is 1. The van der Waals surface area contributed by atoms with Crippen LogP contribution in [0.2, 0.25) is 0 Å². The second kappa shape index (κ2) is 4.47. The molecule has 5 rings (SSSR count). The summed E-state index contributed by atoms with van der Waals surface area (Å²) in [7, 11) is 0. The van der Waals surface area contributed by atoms with Gasteiger partial charge < -0.3 is 4.74 Å². The minimum Gasteiger partial charge on any atom is -0.426 e. The first kappa shape index (κ1) is 13.4. The van der Waals surface area contributed by atoms with Crippen LogP contribution >= 0.6 is 15.9 Å². The first-order chi connectivity index (χ1) is 10.7. The highest BCUT2D eigenvalue weighted by atomic mass is 79.9. The molecule has 3 saturated carbocycles. The molecule has 0 heterocycles. The predicted octanol–water partition coefficient (Wildman–Crippen LogP) is 4.20. The topological polar surface area (TPSA) is 26.3 Å². The molecule has 0 radical (unpaired) electrons. The van der Waals surface area contributed by atoms with E-state index in [0.29, 0.717) is 40.2 Å². The maximum absolute atomic E-state index is 13.2. The van der Waals surface area contributed by atoms with Crippen molar-refractivity contribution in [2.24, 2.45) is 35.0 Å². The van der Waals surface area contributed by atoms with E-state index in [1.807, 2.05) is 30.3 Å². The standard InChI is InChI=1S/C19H19BrO2/c20-16-10-13-9-15(16)17-11-6-7-12(8-11)19(13,17)18(21)22-14-4-2-1-3-5-14/h1-7,11-13,15-17H,8-10H2. The summed E-state index contributed by atoms with van der Waals surface area (Å²) >= 11 is 3.87. The van der Waals surface area contributed by atoms with Gasteiger partial charge >= 0.3 is 5.97 Å². The van der Waals surface area contributed by atoms with Gasteiger partial charge in [0.1, 0.15) is 5.75 Å². The molecule has 0 saturated heterocycles. The summed E-state index contributed by atoms with van der Waals surface area (Å²) in [5, 5.41) is 0. The summed E-state index contributed by atoms with van der Waals surface area (Å²) in [4.78, 5) is 13.8. The summed E-state index contributed by atoms with van der Waals surface area (Å²) in [6.07, 6.45) is 8.14. The Hall–Kier alpha value is -1.09. The summed E-state index contributed by atoms with van der Waals surface area (Å²) in [6.45, 7) is 0. The number of carbonyl (C=O) groups excluding carboxylic acids is 1. The molecular formula is C19H19BrO2. The van der Waals surface area contributed by atoms with Crippen molar-refractivity contribution in [3.8, 4) is 5.75 Å². The van der Waals surface area contributed by atoms with E-state index >= 15 is 0 Å². The molecule has 3 fully saturated rings. The third kappa shape index (κ3) is 1.49. The quantitative estimate of drug-likeness (QED) is 0.260. The monoisotopic (exact) mass is 358 g/mol. The van der Waals surface area contributed by atoms with Crippen LogP contribution in [0.5, 0.6) is 5.75 Å². The molecule has 0 spiro atoms. The van der Waals surface area contributed by atoms with Gasteiger partial charge in [-0.3, -0.25) is 4.79 Å². The zero-order valence-electron chi connectivity index (χ0n) is 12.3. The number of alkyl halides is 1. The molecular weight excluding hydrogens is 340 g/mol. The lowest BCUT2D eigenvalue weighted by Crippen LogP contribution is -2.50. The molecule has 7 unspecified atom stereocenters. The zero-order chi connectivity index (χ0) is 14.9. The van der Waals surface area contributed by atoms with E-state index in [0.717, 1.165) is 12.8 Å². The number of hydrogen-bond donors (Lipinski definition) is 0. The van der Waals surface area contributed by atoms with E-state index < -0.39 is 0 Å². The van der Waals surface area contributed by atoms with E-state index in [-0.39, 0.29) is 11.4 Å². The fraction of sp³-hybridized carbons (Fsp3) is 0.526. The largest absolute Gasteiger partial charge is 0.426 e. The van der Waals surface area contributed by atoms with Gasteiger partial charge in [0.05, 0.1) is 5.41 Å². The summed E-state index contributed by atoms with van der Waals surface area (Å²) in [5.74, 6) is 3.33. The average Bonchev–Trinajstić information content (AvgIpc) is 3.25. The molecule has 22 heavy (non-hydrogen) atoms. The Labute approximate surface area is 139 Å². The molecule has 4 bridgehead atoms. The van der Waals surface area contributed by atoms with Crippen LogP contribution in [0.4, 0.5) is 0 Å². The highest BCUT2D eigenvalue weighted by Crippen LogP contribution is 2.73. The van der Waals surface area contributed by atoms with Crippen molar-refractivity contribution >= 4 is 21.9 Å². The Morgan fingerprint density at radius 1 is 1.14 bits per heavy atom. The lowest BCUT2D eigenvalue weighted by Gasteiger charge is -2.44. The Balaban J connectivity index is 1.54. The Bertz CT molecular complexity index is 655. The van der Waals surface area contributed by atoms with Crippen LogP contribution in [0, 0.1) is 35.0 Å². The third-order valence-electron chi connectivity index (χ3n) is 6.72. The van der Waals surface area contributed by atoms with Crippen molar-refractivity contribution in [1.82, 2.24) is 0 Å². The maximum atomic E-state index is 13.2. The number of rotatable bonds is 2. The van der Waals surface area contributed by atoms with Crippen molar-refractivity contribution in [3.63, 3.8) is 0 Å². The Kier molecular flexibility index (Phi) is 2.71. The fourth-order valence-electron chi connectivity index (χ4n) is 6.11. The Morgan fingerprint density at radius 3 is 2.77 bits per heavy atom. The molecule has 1 aromatic carbocycles. The highest BCUT2D eigenvalue weighted by Gasteiger charge is 2.73. The van der Waals surface area contributed by atoms with Crippen molar-refractivity contribution in [3.05, 3.63) is 42.5 Å². The maximum Gasteiger partial charge on any atom is 0.318 e. The zero-order valence-corrected chi connectivity index (χ0v) is 13.9. The molecule has 1 aromatic rings. The molecule has 3 heteroatoms. The summed E-state index contributed by atoms with van der Waals surface area (Å²) in [6, 6.07) is 9.56. The second-order valence-corrected chi connectivity index (χ2v) is 8.58. The number of ether oxygens (including phenoxy) is 1. The molecule has 0 aliphatic heterocycles. The number of allylic oxidation sites excluding steroid dienone is 2. The van der Waals surface area contributed by atoms with Crippen LogP contribution in [0.15, 0.2) is 42.5 Å². The smallest absolute Gasteiger partial charge is 0.318 e. The van der Waals surface area contributed by atoms with Gasteiger partial charge in [-0.2, -0.15) is 0 Å². The third-order valence-corrected chi connectivity index (χ3v) is 7.77. The van der Waals surface area contributed by atoms with E-state index in [1.54, 1.807) is 0 Å². The minimum absolute atomic E-state index is 0.0347. The van der Waals surface area contributed by atoms with E-state index in [2.05, 4.69) is 28.1 Å². The molecule has 0 amide bonds. The van der Waals surface area contributed by atoms with Gasteiger partial charge in [0.15, 0.2) is 0 Å². The van der Waals surface area contributed by atoms with Gasteiger partial charge in [-0.15, -0.1) is 0 Å². The number of hydrogen-bond acceptors (Lipinski definition) is 2. The van der Waals surface area contributed by atoms with Gasteiger partial charge in [-0.1, -0.05) is 46.3 Å². The predicted molar refractivity (Wildman–Crippen MR) is 87.7 cm³/mol. The van der Waals surface area contributed by atoms with Crippen LogP contribution < -0.4 is 4.74 Å². The minimum atomic E-state index is -0.246. The lowest BCUT2D eigenvalue weighted by atomic mass is 9.61.